The van der Waals surface area contributed by atoms with E-state index in [1.165, 1.54) is 0 Å². The van der Waals surface area contributed by atoms with Crippen LogP contribution in [0.25, 0.3) is 0 Å². The molecule has 0 aliphatic heterocycles. The average molecular weight is 1740 g/mol. The van der Waals surface area contributed by atoms with Crippen LogP contribution in [0.1, 0.15) is 0 Å². The van der Waals surface area contributed by atoms with E-state index in [4.69, 9.17) is 7.57 Å². The molecule has 32 unspecified atom stereocenters. The third-order valence-corrected chi connectivity index (χ3v) is 371. The molecular formula is H55BP54. The van der Waals surface area contributed by atoms with Gasteiger partial charge in [0.1, 0.15) is 7.57 Å². The SMILES string of the molecule is [3H]P(P(P(P(P)P)P(P)P)P(P(P([B])P)P(P)P)P(P(P)P)P(P)P)P(P(P(P(P)P)P(P)P)P(P(P)P)P(P)P)P(P(P(P)P)P(P)P)P(P(P)P)P(P)P. The Morgan fingerprint density at radius 1 is 0.236 bits per heavy atom. The van der Waals surface area contributed by atoms with Crippen molar-refractivity contribution in [3.05, 3.63) is 0 Å². The maximum atomic E-state index is 12.0. The van der Waals surface area contributed by atoms with Gasteiger partial charge in [0, 0.05) is 0 Å². The van der Waals surface area contributed by atoms with Crippen molar-refractivity contribution >= 4 is 438 Å². The van der Waals surface area contributed by atoms with Gasteiger partial charge in [-0.05, 0) is 183 Å². The Balaban J connectivity index is 9.69. The molecule has 55 heavy (non-hydrogen) atoms. The second-order valence-electron chi connectivity index (χ2n) is 8.63. The van der Waals surface area contributed by atoms with Crippen LogP contribution in [-0.4, -0.2) is 8.84 Å². The summed E-state index contributed by atoms with van der Waals surface area (Å²) in [6.07, 6.45) is 0. The zero-order valence-electron chi connectivity index (χ0n) is 29.2. The number of rotatable bonds is 26. The summed E-state index contributed by atoms with van der Waals surface area (Å²) in [5.41, 5.74) is 0. The summed E-state index contributed by atoms with van der Waals surface area (Å²) in [5, 5.41) is 0. The molecule has 32 atom stereocenters. The first-order chi connectivity index (χ1) is 25.4. The summed E-state index contributed by atoms with van der Waals surface area (Å²) in [5.74, 6) is 0. The molecular weight excluding hydrogens is 1680 g/mol. The lowest BCUT2D eigenvalue weighted by Gasteiger charge is -2.55. The fraction of sp³-hybridized carbons (Fsp3) is 0. The topological polar surface area (TPSA) is 0 Å². The Kier molecular flexibility index (Phi) is 59.6. The first kappa shape index (κ1) is 76.3. The maximum Gasteiger partial charge on any atom is 0.121 e. The van der Waals surface area contributed by atoms with Crippen molar-refractivity contribution in [2.24, 2.45) is 0 Å². The minimum Gasteiger partial charge on any atom is -0.117 e. The smallest absolute Gasteiger partial charge is 0.117 e. The Bertz CT molecular complexity index is 854. The van der Waals surface area contributed by atoms with Crippen molar-refractivity contribution in [2.45, 2.75) is 0 Å². The van der Waals surface area contributed by atoms with E-state index in [0.717, 1.165) is 0 Å². The van der Waals surface area contributed by atoms with Crippen LogP contribution in [-0.2, 0) is 0 Å². The number of hydrogen-bond donors (Lipinski definition) is 0. The van der Waals surface area contributed by atoms with Crippen molar-refractivity contribution in [3.8, 4) is 0 Å². The zero-order valence-corrected chi connectivity index (χ0v) is 83.6. The second kappa shape index (κ2) is 43.0. The van der Waals surface area contributed by atoms with Crippen molar-refractivity contribution < 1.29 is 0 Å². The molecule has 0 bridgehead atoms. The molecule has 0 aromatic carbocycles. The van der Waals surface area contributed by atoms with Gasteiger partial charge in [-0.2, -0.15) is 0 Å². The number of hydrogen-bond acceptors (Lipinski definition) is 0. The molecule has 2 radical (unpaired) electrons. The van der Waals surface area contributed by atoms with E-state index >= 15 is 0 Å². The van der Waals surface area contributed by atoms with Crippen LogP contribution in [0.5, 0.6) is 0 Å². The molecule has 0 spiro atoms. The highest BCUT2D eigenvalue weighted by atomic mass is 33.5. The van der Waals surface area contributed by atoms with Gasteiger partial charge in [0.2, 0.25) is 0 Å². The van der Waals surface area contributed by atoms with Gasteiger partial charge in [-0.15, -0.1) is 248 Å². The summed E-state index contributed by atoms with van der Waals surface area (Å²) in [7, 11) is 97.6. The van der Waals surface area contributed by atoms with E-state index in [2.05, 4.69) is 241 Å². The molecule has 0 aliphatic carbocycles. The summed E-state index contributed by atoms with van der Waals surface area (Å²) in [4.78, 5) is 0. The van der Waals surface area contributed by atoms with E-state index < -0.39 is 43.0 Å². The predicted octanol–water partition coefficient (Wildman–Crippen LogP) is 31.4. The highest BCUT2D eigenvalue weighted by molar-refractivity contribution is 9.49. The summed E-state index contributed by atoms with van der Waals surface area (Å²) >= 11 is 0. The van der Waals surface area contributed by atoms with Crippen molar-refractivity contribution in [2.75, 3.05) is 0 Å². The van der Waals surface area contributed by atoms with Crippen LogP contribution in [0.15, 0.2) is 0 Å². The Morgan fingerprint density at radius 3 is 0.527 bits per heavy atom. The van der Waals surface area contributed by atoms with Crippen LogP contribution in [0.2, 0.25) is 0 Å². The van der Waals surface area contributed by atoms with E-state index in [0.29, 0.717) is 0 Å². The molecule has 0 heterocycles. The molecule has 328 valence electrons. The lowest BCUT2D eigenvalue weighted by atomic mass is 10.8. The molecule has 0 aromatic heterocycles. The lowest BCUT2D eigenvalue weighted by Crippen LogP contribution is -1.68. The minimum atomic E-state index is -0.995. The molecule has 0 rings (SSSR count). The minimum absolute atomic E-state index is 0.273. The normalized spacial score (nSPS) is 17.3. The van der Waals surface area contributed by atoms with Gasteiger partial charge < -0.3 is 0 Å². The molecule has 0 nitrogen and oxygen atoms in total. The molecule has 0 saturated carbocycles. The van der Waals surface area contributed by atoms with Gasteiger partial charge in [0.05, 0.1) is 1.28 Å². The van der Waals surface area contributed by atoms with Gasteiger partial charge in [-0.1, -0.05) is 0 Å². The first-order valence-electron chi connectivity index (χ1n) is 12.9. The van der Waals surface area contributed by atoms with E-state index in [-0.39, 0.29) is 147 Å². The first-order valence-corrected chi connectivity index (χ1v) is 110. The molecule has 0 aliphatic rings. The average Bonchev–Trinajstić information content (AvgIpc) is 2.96. The van der Waals surface area contributed by atoms with Gasteiger partial charge in [0.15, 0.2) is 0 Å². The second-order valence-corrected chi connectivity index (χ2v) is 228. The highest BCUT2D eigenvalue weighted by Crippen LogP contribution is 3.43. The Labute approximate surface area is 433 Å². The van der Waals surface area contributed by atoms with Crippen molar-refractivity contribution in [3.63, 3.8) is 0 Å². The van der Waals surface area contributed by atoms with E-state index in [1.807, 2.05) is 0 Å². The summed E-state index contributed by atoms with van der Waals surface area (Å²) in [6, 6.07) is 0. The lowest BCUT2D eigenvalue weighted by molar-refractivity contribution is 4.38. The van der Waals surface area contributed by atoms with E-state index in [1.54, 1.807) is 0 Å². The van der Waals surface area contributed by atoms with Crippen LogP contribution >= 0.6 is 431 Å². The molecule has 0 aromatic rings. The molecule has 0 N–H and O–H groups in total. The Hall–Kier alpha value is 23.3. The predicted molar refractivity (Wildman–Crippen MR) is 456 cm³/mol. The standard InChI is InChI=1S/BH55P54/c1-30(2)46(31(3)4)53(48(34(9)10)35(11)12)44(47(32(5)6)33(7)8)29-45(54(49(36(13)14)37(15)16)50(38(17)18)39(19)20)55(51(40(21)22)41(23)24)52(42(25)26)43(27)28/h29H,2-28H2/i29T. The van der Waals surface area contributed by atoms with Crippen LogP contribution in [0.3, 0.4) is 0 Å². The third-order valence-electron chi connectivity index (χ3n) is 4.65. The highest BCUT2D eigenvalue weighted by Gasteiger charge is 2.55. The van der Waals surface area contributed by atoms with Crippen LogP contribution in [0, 0.1) is 0 Å². The molecule has 0 saturated heterocycles. The molecule has 0 fully saturated rings. The fourth-order valence-corrected chi connectivity index (χ4v) is 743. The quantitative estimate of drug-likeness (QED) is 0.0598. The van der Waals surface area contributed by atoms with Crippen LogP contribution in [0.4, 0.5) is 0 Å². The summed E-state index contributed by atoms with van der Waals surface area (Å²) < 4.78 is 12.0. The molecule has 55 heteroatoms. The Morgan fingerprint density at radius 2 is 0.382 bits per heavy atom. The van der Waals surface area contributed by atoms with Crippen molar-refractivity contribution in [1.82, 2.24) is 0 Å². The van der Waals surface area contributed by atoms with Crippen molar-refractivity contribution in [1.29, 1.82) is 1.28 Å². The van der Waals surface area contributed by atoms with Crippen LogP contribution < -0.4 is 0 Å². The monoisotopic (exact) mass is 1740 g/mol. The zero-order chi connectivity index (χ0) is 44.6. The summed E-state index contributed by atoms with van der Waals surface area (Å²) in [6.45, 7) is -8.55. The van der Waals surface area contributed by atoms with Gasteiger partial charge in [0.25, 0.3) is 0 Å². The fourth-order valence-electron chi connectivity index (χ4n) is 3.13. The maximum absolute atomic E-state index is 12.0. The largest absolute Gasteiger partial charge is 0.121 e. The van der Waals surface area contributed by atoms with E-state index in [9.17, 15) is 1.28 Å². The third kappa shape index (κ3) is 28.8. The van der Waals surface area contributed by atoms with Gasteiger partial charge in [-0.25, -0.2) is 0 Å². The van der Waals surface area contributed by atoms with Gasteiger partial charge >= 0.3 is 0 Å². The van der Waals surface area contributed by atoms with Gasteiger partial charge in [-0.3, -0.25) is 0 Å². The molecule has 0 amide bonds.